The van der Waals surface area contributed by atoms with Crippen LogP contribution in [-0.2, 0) is 6.54 Å². The van der Waals surface area contributed by atoms with Gasteiger partial charge >= 0.3 is 0 Å². The van der Waals surface area contributed by atoms with Gasteiger partial charge < -0.3 is 20.1 Å². The van der Waals surface area contributed by atoms with Gasteiger partial charge in [0.2, 0.25) is 0 Å². The predicted octanol–water partition coefficient (Wildman–Crippen LogP) is 4.34. The SMILES string of the molecule is CCOc1cc(CNC(=S)Nc2cccc(Br)c2)ccc1OC. The van der Waals surface area contributed by atoms with Gasteiger partial charge in [0, 0.05) is 16.7 Å². The molecule has 6 heteroatoms. The Morgan fingerprint density at radius 3 is 2.70 bits per heavy atom. The normalized spacial score (nSPS) is 10.0. The molecule has 0 radical (unpaired) electrons. The minimum Gasteiger partial charge on any atom is -0.493 e. The Balaban J connectivity index is 1.94. The minimum atomic E-state index is 0.567. The van der Waals surface area contributed by atoms with Gasteiger partial charge in [0.05, 0.1) is 13.7 Å². The Hall–Kier alpha value is -1.79. The molecular weight excluding hydrogens is 376 g/mol. The Kier molecular flexibility index (Phi) is 6.67. The second kappa shape index (κ2) is 8.74. The monoisotopic (exact) mass is 394 g/mol. The lowest BCUT2D eigenvalue weighted by Gasteiger charge is -2.13. The third-order valence-electron chi connectivity index (χ3n) is 3.06. The Morgan fingerprint density at radius 2 is 2.00 bits per heavy atom. The highest BCUT2D eigenvalue weighted by molar-refractivity contribution is 9.10. The maximum atomic E-state index is 5.58. The molecule has 2 aromatic rings. The standard InChI is InChI=1S/C17H19BrN2O2S/c1-3-22-16-9-12(7-8-15(16)21-2)11-19-17(23)20-14-6-4-5-13(18)10-14/h4-10H,3,11H2,1-2H3,(H2,19,20,23). The van der Waals surface area contributed by atoms with Crippen molar-refractivity contribution in [3.05, 3.63) is 52.5 Å². The Morgan fingerprint density at radius 1 is 1.17 bits per heavy atom. The van der Waals surface area contributed by atoms with Crippen molar-refractivity contribution in [2.24, 2.45) is 0 Å². The first-order valence-electron chi connectivity index (χ1n) is 7.22. The van der Waals surface area contributed by atoms with E-state index in [1.54, 1.807) is 7.11 Å². The molecule has 0 unspecified atom stereocenters. The van der Waals surface area contributed by atoms with E-state index in [1.807, 2.05) is 49.4 Å². The number of thiocarbonyl (C=S) groups is 1. The van der Waals surface area contributed by atoms with Crippen molar-refractivity contribution in [3.8, 4) is 11.5 Å². The van der Waals surface area contributed by atoms with Crippen LogP contribution in [0.15, 0.2) is 46.9 Å². The molecule has 0 heterocycles. The number of methoxy groups -OCH3 is 1. The van der Waals surface area contributed by atoms with Crippen molar-refractivity contribution in [2.45, 2.75) is 13.5 Å². The summed E-state index contributed by atoms with van der Waals surface area (Å²) in [4.78, 5) is 0. The molecule has 0 saturated heterocycles. The van der Waals surface area contributed by atoms with Gasteiger partial charge in [-0.25, -0.2) is 0 Å². The van der Waals surface area contributed by atoms with Gasteiger partial charge in [-0.3, -0.25) is 0 Å². The maximum absolute atomic E-state index is 5.58. The van der Waals surface area contributed by atoms with Crippen LogP contribution in [0.2, 0.25) is 0 Å². The Bertz CT molecular complexity index is 679. The fourth-order valence-electron chi connectivity index (χ4n) is 2.02. The highest BCUT2D eigenvalue weighted by Crippen LogP contribution is 2.28. The van der Waals surface area contributed by atoms with E-state index in [-0.39, 0.29) is 0 Å². The zero-order valence-electron chi connectivity index (χ0n) is 13.1. The van der Waals surface area contributed by atoms with Crippen LogP contribution in [0.1, 0.15) is 12.5 Å². The Labute approximate surface area is 150 Å². The highest BCUT2D eigenvalue weighted by atomic mass is 79.9. The molecule has 2 N–H and O–H groups in total. The molecule has 0 aliphatic rings. The number of ether oxygens (including phenoxy) is 2. The summed E-state index contributed by atoms with van der Waals surface area (Å²) in [7, 11) is 1.63. The number of nitrogens with one attached hydrogen (secondary N) is 2. The third kappa shape index (κ3) is 5.41. The second-order valence-electron chi connectivity index (χ2n) is 4.74. The number of benzene rings is 2. The smallest absolute Gasteiger partial charge is 0.171 e. The van der Waals surface area contributed by atoms with Crippen LogP contribution >= 0.6 is 28.1 Å². The molecule has 0 saturated carbocycles. The highest BCUT2D eigenvalue weighted by Gasteiger charge is 2.06. The molecule has 0 atom stereocenters. The van der Waals surface area contributed by atoms with E-state index in [9.17, 15) is 0 Å². The average molecular weight is 395 g/mol. The van der Waals surface area contributed by atoms with Crippen molar-refractivity contribution in [1.82, 2.24) is 5.32 Å². The van der Waals surface area contributed by atoms with E-state index < -0.39 is 0 Å². The van der Waals surface area contributed by atoms with Crippen LogP contribution in [0.3, 0.4) is 0 Å². The van der Waals surface area contributed by atoms with Gasteiger partial charge in [-0.2, -0.15) is 0 Å². The molecule has 0 fully saturated rings. The van der Waals surface area contributed by atoms with Crippen LogP contribution in [0.4, 0.5) is 5.69 Å². The van der Waals surface area contributed by atoms with Crippen LogP contribution in [-0.4, -0.2) is 18.8 Å². The molecule has 0 aliphatic heterocycles. The summed E-state index contributed by atoms with van der Waals surface area (Å²) in [6.45, 7) is 3.14. The van der Waals surface area contributed by atoms with E-state index in [0.717, 1.165) is 27.2 Å². The van der Waals surface area contributed by atoms with Crippen LogP contribution in [0.5, 0.6) is 11.5 Å². The lowest BCUT2D eigenvalue weighted by Crippen LogP contribution is -2.27. The molecule has 0 spiro atoms. The minimum absolute atomic E-state index is 0.567. The average Bonchev–Trinajstić information content (AvgIpc) is 2.53. The van der Waals surface area contributed by atoms with Gasteiger partial charge in [0.15, 0.2) is 16.6 Å². The first-order chi connectivity index (χ1) is 11.1. The largest absolute Gasteiger partial charge is 0.493 e. The van der Waals surface area contributed by atoms with Gasteiger partial charge in [-0.05, 0) is 55.0 Å². The molecular formula is C17H19BrN2O2S. The quantitative estimate of drug-likeness (QED) is 0.713. The summed E-state index contributed by atoms with van der Waals surface area (Å²) in [5.41, 5.74) is 1.99. The van der Waals surface area contributed by atoms with Crippen molar-refractivity contribution in [3.63, 3.8) is 0 Å². The number of anilines is 1. The zero-order valence-corrected chi connectivity index (χ0v) is 15.5. The molecule has 0 aromatic heterocycles. The van der Waals surface area contributed by atoms with Crippen LogP contribution < -0.4 is 20.1 Å². The zero-order chi connectivity index (χ0) is 16.7. The number of hydrogen-bond acceptors (Lipinski definition) is 3. The van der Waals surface area contributed by atoms with E-state index in [1.165, 1.54) is 0 Å². The predicted molar refractivity (Wildman–Crippen MR) is 101 cm³/mol. The number of hydrogen-bond donors (Lipinski definition) is 2. The third-order valence-corrected chi connectivity index (χ3v) is 3.80. The summed E-state index contributed by atoms with van der Waals surface area (Å²) in [6.07, 6.45) is 0. The topological polar surface area (TPSA) is 42.5 Å². The van der Waals surface area contributed by atoms with Gasteiger partial charge in [0.25, 0.3) is 0 Å². The second-order valence-corrected chi connectivity index (χ2v) is 6.06. The summed E-state index contributed by atoms with van der Waals surface area (Å²) in [6, 6.07) is 13.7. The van der Waals surface area contributed by atoms with Gasteiger partial charge in [-0.15, -0.1) is 0 Å². The van der Waals surface area contributed by atoms with Gasteiger partial charge in [0.1, 0.15) is 0 Å². The van der Waals surface area contributed by atoms with Crippen molar-refractivity contribution < 1.29 is 9.47 Å². The van der Waals surface area contributed by atoms with Crippen LogP contribution in [0, 0.1) is 0 Å². The fraction of sp³-hybridized carbons (Fsp3) is 0.235. The molecule has 23 heavy (non-hydrogen) atoms. The van der Waals surface area contributed by atoms with Crippen LogP contribution in [0.25, 0.3) is 0 Å². The van der Waals surface area contributed by atoms with Gasteiger partial charge in [-0.1, -0.05) is 28.1 Å². The molecule has 2 aromatic carbocycles. The molecule has 0 amide bonds. The number of halogens is 1. The lowest BCUT2D eigenvalue weighted by atomic mass is 10.2. The van der Waals surface area contributed by atoms with E-state index in [2.05, 4.69) is 26.6 Å². The maximum Gasteiger partial charge on any atom is 0.171 e. The van der Waals surface area contributed by atoms with Crippen molar-refractivity contribution in [1.29, 1.82) is 0 Å². The summed E-state index contributed by atoms with van der Waals surface area (Å²) in [5, 5.41) is 6.90. The molecule has 2 rings (SSSR count). The van der Waals surface area contributed by atoms with Crippen molar-refractivity contribution >= 4 is 38.9 Å². The molecule has 122 valence electrons. The summed E-state index contributed by atoms with van der Waals surface area (Å²) < 4.78 is 11.9. The van der Waals surface area contributed by atoms with E-state index in [4.69, 9.17) is 21.7 Å². The lowest BCUT2D eigenvalue weighted by molar-refractivity contribution is 0.310. The van der Waals surface area contributed by atoms with Crippen molar-refractivity contribution in [2.75, 3.05) is 19.0 Å². The summed E-state index contributed by atoms with van der Waals surface area (Å²) >= 11 is 8.75. The first kappa shape index (κ1) is 17.6. The number of rotatable bonds is 6. The molecule has 0 aliphatic carbocycles. The molecule has 4 nitrogen and oxygen atoms in total. The molecule has 0 bridgehead atoms. The van der Waals surface area contributed by atoms with E-state index in [0.29, 0.717) is 18.3 Å². The summed E-state index contributed by atoms with van der Waals surface area (Å²) in [5.74, 6) is 1.46. The fourth-order valence-corrected chi connectivity index (χ4v) is 2.61. The first-order valence-corrected chi connectivity index (χ1v) is 8.42. The van der Waals surface area contributed by atoms with E-state index >= 15 is 0 Å².